The van der Waals surface area contributed by atoms with Crippen LogP contribution in [0.5, 0.6) is 0 Å². The molecule has 0 aromatic rings. The Morgan fingerprint density at radius 1 is 0.806 bits per heavy atom. The molecule has 0 aliphatic heterocycles. The summed E-state index contributed by atoms with van der Waals surface area (Å²) in [5, 5.41) is 8.75. The summed E-state index contributed by atoms with van der Waals surface area (Å²) >= 11 is 0. The maximum Gasteiger partial charge on any atom is 0.309 e. The van der Waals surface area contributed by atoms with Crippen LogP contribution in [0.15, 0.2) is 12.7 Å². The Morgan fingerprint density at radius 2 is 1.13 bits per heavy atom. The van der Waals surface area contributed by atoms with Crippen LogP contribution in [0.4, 0.5) is 0 Å². The molecular weight excluding hydrogens is 473 g/mol. The van der Waals surface area contributed by atoms with Crippen molar-refractivity contribution >= 4 is 65.9 Å². The number of esters is 2. The Balaban J connectivity index is -0.0000000895. The van der Waals surface area contributed by atoms with E-state index >= 15 is 0 Å². The van der Waals surface area contributed by atoms with E-state index in [-0.39, 0.29) is 96.2 Å². The summed E-state index contributed by atoms with van der Waals surface area (Å²) in [5.41, 5.74) is -0.823. The zero-order chi connectivity index (χ0) is 22.0. The van der Waals surface area contributed by atoms with Gasteiger partial charge < -0.3 is 14.6 Å². The van der Waals surface area contributed by atoms with Gasteiger partial charge in [0.25, 0.3) is 0 Å². The van der Waals surface area contributed by atoms with Crippen LogP contribution in [0.1, 0.15) is 75.7 Å². The maximum atomic E-state index is 11.6. The van der Waals surface area contributed by atoms with Gasteiger partial charge in [0.15, 0.2) is 0 Å². The topological polar surface area (TPSA) is 72.8 Å². The fourth-order valence-electron chi connectivity index (χ4n) is 1.89. The molecule has 0 aliphatic rings. The Kier molecular flexibility index (Phi) is 29.7. The summed E-state index contributed by atoms with van der Waals surface area (Å²) in [4.78, 5) is 23.1. The van der Waals surface area contributed by atoms with Gasteiger partial charge in [-0.3, -0.25) is 9.59 Å². The minimum absolute atomic E-state index is 0. The summed E-state index contributed by atoms with van der Waals surface area (Å²) in [6, 6.07) is 0. The van der Waals surface area contributed by atoms with E-state index in [1.54, 1.807) is 6.08 Å². The average molecular weight is 523 g/mol. The maximum absolute atomic E-state index is 11.6. The predicted molar refractivity (Wildman–Crippen MR) is 152 cm³/mol. The molecule has 31 heavy (non-hydrogen) atoms. The number of aliphatic hydroxyl groups is 1. The van der Waals surface area contributed by atoms with Gasteiger partial charge in [-0.25, -0.2) is 0 Å². The second-order valence-electron chi connectivity index (χ2n) is 9.23. The van der Waals surface area contributed by atoms with Crippen molar-refractivity contribution in [2.75, 3.05) is 6.61 Å². The molecule has 0 aliphatic carbocycles. The van der Waals surface area contributed by atoms with Crippen LogP contribution < -0.4 is 0 Å². The molecule has 0 unspecified atom stereocenters. The standard InChI is InChI=1S/C11H22O3.C11H20O2.4H2S/c1-8(6-7-12)9(2)10(13)14-11(3,4)5;1-7-8(2)9(3)10(12)13-11(4,5)6;;;;/h8-9,12H,6-7H2,1-5H3;7-9H,1H2,2-6H3;4*1H2/t2*8-,9-;;;;/m00..../s1. The predicted octanol–water partition coefficient (Wildman–Crippen LogP) is 5.22. The van der Waals surface area contributed by atoms with Crippen LogP contribution >= 0.6 is 54.0 Å². The van der Waals surface area contributed by atoms with Gasteiger partial charge in [-0.2, -0.15) is 54.0 Å². The third-order valence-corrected chi connectivity index (χ3v) is 4.16. The number of hydrogen-bond acceptors (Lipinski definition) is 5. The average Bonchev–Trinajstić information content (AvgIpc) is 2.50. The fraction of sp³-hybridized carbons (Fsp3) is 0.818. The van der Waals surface area contributed by atoms with Gasteiger partial charge in [-0.05, 0) is 59.8 Å². The zero-order valence-electron chi connectivity index (χ0n) is 21.1. The smallest absolute Gasteiger partial charge is 0.309 e. The van der Waals surface area contributed by atoms with Crippen LogP contribution in [-0.4, -0.2) is 34.9 Å². The minimum atomic E-state index is -0.426. The highest BCUT2D eigenvalue weighted by atomic mass is 32.1. The Hall–Kier alpha value is 0.0400. The molecular formula is C22H50O5S4. The largest absolute Gasteiger partial charge is 0.460 e. The molecule has 1 N–H and O–H groups in total. The van der Waals surface area contributed by atoms with Gasteiger partial charge in [0, 0.05) is 6.61 Å². The van der Waals surface area contributed by atoms with Crippen molar-refractivity contribution in [1.29, 1.82) is 0 Å². The SMILES string of the molecule is C=C[C@H](C)[C@H](C)C(=O)OC(C)(C)C.C[C@H](C(=O)OC(C)(C)C)[C@@H](C)CCO.S.S.S.S. The first-order valence-electron chi connectivity index (χ1n) is 9.74. The van der Waals surface area contributed by atoms with Crippen molar-refractivity contribution in [1.82, 2.24) is 0 Å². The van der Waals surface area contributed by atoms with Crippen LogP contribution in [0.25, 0.3) is 0 Å². The number of allylic oxidation sites excluding steroid dienone is 1. The zero-order valence-corrected chi connectivity index (χ0v) is 25.1. The second kappa shape index (κ2) is 20.6. The highest BCUT2D eigenvalue weighted by Crippen LogP contribution is 2.19. The van der Waals surface area contributed by atoms with Crippen LogP contribution in [0.3, 0.4) is 0 Å². The number of rotatable bonds is 7. The van der Waals surface area contributed by atoms with Crippen molar-refractivity contribution in [3.63, 3.8) is 0 Å². The molecule has 0 saturated heterocycles. The van der Waals surface area contributed by atoms with Gasteiger partial charge in [0.1, 0.15) is 11.2 Å². The molecule has 9 heteroatoms. The van der Waals surface area contributed by atoms with Crippen LogP contribution in [-0.2, 0) is 19.1 Å². The van der Waals surface area contributed by atoms with E-state index in [4.69, 9.17) is 14.6 Å². The number of carbonyl (C=O) groups excluding carboxylic acids is 2. The van der Waals surface area contributed by atoms with Gasteiger partial charge in [-0.1, -0.05) is 33.8 Å². The molecule has 192 valence electrons. The Morgan fingerprint density at radius 3 is 1.39 bits per heavy atom. The molecule has 0 fully saturated rings. The van der Waals surface area contributed by atoms with Crippen molar-refractivity contribution in [2.45, 2.75) is 86.9 Å². The van der Waals surface area contributed by atoms with Gasteiger partial charge >= 0.3 is 11.9 Å². The first-order valence-corrected chi connectivity index (χ1v) is 9.74. The Labute approximate surface area is 219 Å². The number of hydrogen-bond donors (Lipinski definition) is 1. The van der Waals surface area contributed by atoms with E-state index in [2.05, 4.69) is 6.58 Å². The molecule has 0 heterocycles. The van der Waals surface area contributed by atoms with Gasteiger partial charge in [0.2, 0.25) is 0 Å². The molecule has 0 aromatic carbocycles. The lowest BCUT2D eigenvalue weighted by Crippen LogP contribution is -2.30. The van der Waals surface area contributed by atoms with Crippen LogP contribution in [0, 0.1) is 23.7 Å². The highest BCUT2D eigenvalue weighted by Gasteiger charge is 2.25. The summed E-state index contributed by atoms with van der Waals surface area (Å²) in [7, 11) is 0. The summed E-state index contributed by atoms with van der Waals surface area (Å²) in [6.07, 6.45) is 2.41. The number of ether oxygens (including phenoxy) is 2. The molecule has 0 bridgehead atoms. The molecule has 5 nitrogen and oxygen atoms in total. The van der Waals surface area contributed by atoms with Crippen molar-refractivity contribution in [2.24, 2.45) is 23.7 Å². The fourth-order valence-corrected chi connectivity index (χ4v) is 1.89. The van der Waals surface area contributed by atoms with Gasteiger partial charge in [0.05, 0.1) is 11.8 Å². The monoisotopic (exact) mass is 522 g/mol. The van der Waals surface area contributed by atoms with Crippen molar-refractivity contribution in [3.8, 4) is 0 Å². The molecule has 0 saturated carbocycles. The molecule has 0 aromatic heterocycles. The van der Waals surface area contributed by atoms with E-state index in [9.17, 15) is 9.59 Å². The summed E-state index contributed by atoms with van der Waals surface area (Å²) in [6.45, 7) is 22.6. The van der Waals surface area contributed by atoms with E-state index in [1.807, 2.05) is 69.2 Å². The number of aliphatic hydroxyl groups excluding tert-OH is 1. The minimum Gasteiger partial charge on any atom is -0.460 e. The second-order valence-corrected chi connectivity index (χ2v) is 9.23. The third-order valence-electron chi connectivity index (χ3n) is 4.16. The molecule has 0 spiro atoms. The molecule has 4 atom stereocenters. The molecule has 0 rings (SSSR count). The van der Waals surface area contributed by atoms with E-state index in [0.29, 0.717) is 6.42 Å². The summed E-state index contributed by atoms with van der Waals surface area (Å²) in [5.74, 6) is -0.277. The van der Waals surface area contributed by atoms with E-state index in [0.717, 1.165) is 0 Å². The lowest BCUT2D eigenvalue weighted by Gasteiger charge is -2.24. The molecule has 0 radical (unpaired) electrons. The first-order chi connectivity index (χ1) is 12.1. The van der Waals surface area contributed by atoms with Gasteiger partial charge in [-0.15, -0.1) is 6.58 Å². The van der Waals surface area contributed by atoms with Crippen molar-refractivity contribution < 1.29 is 24.2 Å². The van der Waals surface area contributed by atoms with Crippen LogP contribution in [0.2, 0.25) is 0 Å². The van der Waals surface area contributed by atoms with E-state index in [1.165, 1.54) is 0 Å². The lowest BCUT2D eigenvalue weighted by atomic mass is 9.93. The lowest BCUT2D eigenvalue weighted by molar-refractivity contribution is -0.162. The van der Waals surface area contributed by atoms with E-state index < -0.39 is 11.2 Å². The highest BCUT2D eigenvalue weighted by molar-refractivity contribution is 7.59. The Bertz CT molecular complexity index is 474. The van der Waals surface area contributed by atoms with Crippen molar-refractivity contribution in [3.05, 3.63) is 12.7 Å². The molecule has 0 amide bonds. The third kappa shape index (κ3) is 24.5. The number of carbonyl (C=O) groups is 2. The quantitative estimate of drug-likeness (QED) is 0.367. The summed E-state index contributed by atoms with van der Waals surface area (Å²) < 4.78 is 10.5. The normalized spacial score (nSPS) is 14.0. The first kappa shape index (κ1) is 44.7.